The molecule has 16 heavy (non-hydrogen) atoms. The minimum Gasteiger partial charge on any atom is -0.383 e. The van der Waals surface area contributed by atoms with Crippen LogP contribution in [0, 0.1) is 6.92 Å². The molecule has 0 aromatic heterocycles. The highest BCUT2D eigenvalue weighted by Gasteiger charge is 2.10. The number of rotatable bonds is 4. The van der Waals surface area contributed by atoms with Gasteiger partial charge in [-0.2, -0.15) is 0 Å². The molecule has 0 radical (unpaired) electrons. The Labute approximate surface area is 104 Å². The van der Waals surface area contributed by atoms with Crippen LogP contribution in [0.25, 0.3) is 0 Å². The Morgan fingerprint density at radius 2 is 2.25 bits per heavy atom. The van der Waals surface area contributed by atoms with E-state index in [1.54, 1.807) is 7.11 Å². The van der Waals surface area contributed by atoms with Crippen LogP contribution in [0.15, 0.2) is 22.7 Å². The minimum atomic E-state index is -0.0785. The second kappa shape index (κ2) is 6.01. The molecule has 0 bridgehead atoms. The van der Waals surface area contributed by atoms with Gasteiger partial charge in [-0.15, -0.1) is 0 Å². The quantitative estimate of drug-likeness (QED) is 0.923. The summed E-state index contributed by atoms with van der Waals surface area (Å²) in [5.74, 6) is -0.0785. The van der Waals surface area contributed by atoms with E-state index < -0.39 is 0 Å². The van der Waals surface area contributed by atoms with Gasteiger partial charge >= 0.3 is 0 Å². The lowest BCUT2D eigenvalue weighted by Crippen LogP contribution is -2.35. The summed E-state index contributed by atoms with van der Waals surface area (Å²) in [5, 5.41) is 2.86. The van der Waals surface area contributed by atoms with Gasteiger partial charge in [-0.3, -0.25) is 4.79 Å². The molecule has 0 aliphatic rings. The fourth-order valence-electron chi connectivity index (χ4n) is 1.33. The van der Waals surface area contributed by atoms with Crippen molar-refractivity contribution in [3.63, 3.8) is 0 Å². The molecule has 3 nitrogen and oxygen atoms in total. The highest BCUT2D eigenvalue weighted by Crippen LogP contribution is 2.17. The number of nitrogens with one attached hydrogen (secondary N) is 1. The van der Waals surface area contributed by atoms with Crippen LogP contribution < -0.4 is 5.32 Å². The molecule has 0 saturated heterocycles. The zero-order valence-electron chi connectivity index (χ0n) is 9.71. The highest BCUT2D eigenvalue weighted by molar-refractivity contribution is 9.10. The van der Waals surface area contributed by atoms with Gasteiger partial charge in [-0.05, 0) is 31.5 Å². The standard InChI is InChI=1S/C12H16BrNO2/c1-8-4-5-10(6-11(8)13)12(15)14-9(2)7-16-3/h4-6,9H,7H2,1-3H3,(H,14,15). The summed E-state index contributed by atoms with van der Waals surface area (Å²) >= 11 is 3.41. The number of benzene rings is 1. The SMILES string of the molecule is COCC(C)NC(=O)c1ccc(C)c(Br)c1. The van der Waals surface area contributed by atoms with Gasteiger partial charge in [0.1, 0.15) is 0 Å². The summed E-state index contributed by atoms with van der Waals surface area (Å²) in [5.41, 5.74) is 1.77. The molecule has 4 heteroatoms. The van der Waals surface area contributed by atoms with Crippen molar-refractivity contribution in [2.75, 3.05) is 13.7 Å². The van der Waals surface area contributed by atoms with Gasteiger partial charge in [0.15, 0.2) is 0 Å². The van der Waals surface area contributed by atoms with Crippen LogP contribution in [0.2, 0.25) is 0 Å². The van der Waals surface area contributed by atoms with Crippen molar-refractivity contribution in [2.24, 2.45) is 0 Å². The summed E-state index contributed by atoms with van der Waals surface area (Å²) < 4.78 is 5.90. The molecular weight excluding hydrogens is 270 g/mol. The predicted octanol–water partition coefficient (Wildman–Crippen LogP) is 2.52. The van der Waals surface area contributed by atoms with E-state index in [1.165, 1.54) is 0 Å². The zero-order chi connectivity index (χ0) is 12.1. The number of ether oxygens (including phenoxy) is 1. The molecule has 0 saturated carbocycles. The topological polar surface area (TPSA) is 38.3 Å². The monoisotopic (exact) mass is 285 g/mol. The number of carbonyl (C=O) groups excluding carboxylic acids is 1. The summed E-state index contributed by atoms with van der Waals surface area (Å²) in [6.07, 6.45) is 0. The van der Waals surface area contributed by atoms with Gasteiger partial charge in [0.25, 0.3) is 5.91 Å². The molecule has 0 fully saturated rings. The average Bonchev–Trinajstić information content (AvgIpc) is 2.22. The van der Waals surface area contributed by atoms with Crippen LogP contribution in [-0.2, 0) is 4.74 Å². The lowest BCUT2D eigenvalue weighted by Gasteiger charge is -2.13. The molecule has 1 atom stereocenters. The van der Waals surface area contributed by atoms with Crippen molar-refractivity contribution in [3.05, 3.63) is 33.8 Å². The van der Waals surface area contributed by atoms with Crippen molar-refractivity contribution >= 4 is 21.8 Å². The van der Waals surface area contributed by atoms with E-state index in [4.69, 9.17) is 4.74 Å². The Balaban J connectivity index is 2.69. The van der Waals surface area contributed by atoms with E-state index in [1.807, 2.05) is 32.0 Å². The Kier molecular flexibility index (Phi) is 4.96. The highest BCUT2D eigenvalue weighted by atomic mass is 79.9. The molecular formula is C12H16BrNO2. The van der Waals surface area contributed by atoms with Crippen molar-refractivity contribution in [1.29, 1.82) is 0 Å². The number of methoxy groups -OCH3 is 1. The fraction of sp³-hybridized carbons (Fsp3) is 0.417. The van der Waals surface area contributed by atoms with Crippen molar-refractivity contribution in [2.45, 2.75) is 19.9 Å². The molecule has 1 unspecified atom stereocenters. The molecule has 88 valence electrons. The van der Waals surface area contributed by atoms with E-state index in [0.29, 0.717) is 12.2 Å². The molecule has 0 aliphatic carbocycles. The maximum atomic E-state index is 11.8. The van der Waals surface area contributed by atoms with Crippen LogP contribution in [0.1, 0.15) is 22.8 Å². The van der Waals surface area contributed by atoms with Gasteiger partial charge in [-0.1, -0.05) is 22.0 Å². The van der Waals surface area contributed by atoms with Crippen molar-refractivity contribution in [3.8, 4) is 0 Å². The first-order valence-electron chi connectivity index (χ1n) is 5.10. The average molecular weight is 286 g/mol. The number of amides is 1. The molecule has 1 aromatic carbocycles. The number of aryl methyl sites for hydroxylation is 1. The summed E-state index contributed by atoms with van der Waals surface area (Å²) in [6, 6.07) is 5.57. The lowest BCUT2D eigenvalue weighted by molar-refractivity contribution is 0.0905. The largest absolute Gasteiger partial charge is 0.383 e. The van der Waals surface area contributed by atoms with Crippen LogP contribution in [0.4, 0.5) is 0 Å². The number of hydrogen-bond acceptors (Lipinski definition) is 2. The molecule has 1 N–H and O–H groups in total. The van der Waals surface area contributed by atoms with Gasteiger partial charge in [0.05, 0.1) is 6.61 Å². The van der Waals surface area contributed by atoms with E-state index in [0.717, 1.165) is 10.0 Å². The van der Waals surface area contributed by atoms with Crippen molar-refractivity contribution < 1.29 is 9.53 Å². The van der Waals surface area contributed by atoms with Crippen LogP contribution in [0.5, 0.6) is 0 Å². The third-order valence-electron chi connectivity index (χ3n) is 2.23. The first-order chi connectivity index (χ1) is 7.54. The number of halogens is 1. The molecule has 1 aromatic rings. The summed E-state index contributed by atoms with van der Waals surface area (Å²) in [4.78, 5) is 11.8. The van der Waals surface area contributed by atoms with E-state index in [2.05, 4.69) is 21.2 Å². The van der Waals surface area contributed by atoms with Crippen LogP contribution >= 0.6 is 15.9 Å². The van der Waals surface area contributed by atoms with Gasteiger partial charge in [-0.25, -0.2) is 0 Å². The van der Waals surface area contributed by atoms with Gasteiger partial charge in [0, 0.05) is 23.2 Å². The third-order valence-corrected chi connectivity index (χ3v) is 3.08. The second-order valence-electron chi connectivity index (χ2n) is 3.79. The maximum absolute atomic E-state index is 11.8. The Morgan fingerprint density at radius 1 is 1.56 bits per heavy atom. The summed E-state index contributed by atoms with van der Waals surface area (Å²) in [7, 11) is 1.62. The molecule has 0 spiro atoms. The molecule has 1 amide bonds. The smallest absolute Gasteiger partial charge is 0.251 e. The van der Waals surface area contributed by atoms with Crippen LogP contribution in [0.3, 0.4) is 0 Å². The summed E-state index contributed by atoms with van der Waals surface area (Å²) in [6.45, 7) is 4.41. The maximum Gasteiger partial charge on any atom is 0.251 e. The van der Waals surface area contributed by atoms with Gasteiger partial charge < -0.3 is 10.1 Å². The first kappa shape index (κ1) is 13.2. The Hall–Kier alpha value is -0.870. The minimum absolute atomic E-state index is 0.0116. The van der Waals surface area contributed by atoms with Crippen molar-refractivity contribution in [1.82, 2.24) is 5.32 Å². The van der Waals surface area contributed by atoms with Gasteiger partial charge in [0.2, 0.25) is 0 Å². The van der Waals surface area contributed by atoms with E-state index in [-0.39, 0.29) is 11.9 Å². The first-order valence-corrected chi connectivity index (χ1v) is 5.90. The van der Waals surface area contributed by atoms with E-state index in [9.17, 15) is 4.79 Å². The predicted molar refractivity (Wildman–Crippen MR) is 67.7 cm³/mol. The normalized spacial score (nSPS) is 12.2. The Bertz CT molecular complexity index is 379. The fourth-order valence-corrected chi connectivity index (χ4v) is 1.71. The molecule has 1 rings (SSSR count). The lowest BCUT2D eigenvalue weighted by atomic mass is 10.1. The molecule has 0 aliphatic heterocycles. The number of hydrogen-bond donors (Lipinski definition) is 1. The Morgan fingerprint density at radius 3 is 2.81 bits per heavy atom. The third kappa shape index (κ3) is 3.61. The second-order valence-corrected chi connectivity index (χ2v) is 4.65. The van der Waals surface area contributed by atoms with Crippen LogP contribution in [-0.4, -0.2) is 25.7 Å². The zero-order valence-corrected chi connectivity index (χ0v) is 11.3. The molecule has 0 heterocycles. The van der Waals surface area contributed by atoms with E-state index >= 15 is 0 Å². The number of carbonyl (C=O) groups is 1.